The zero-order valence-electron chi connectivity index (χ0n) is 7.64. The van der Waals surface area contributed by atoms with E-state index in [2.05, 4.69) is 21.0 Å². The van der Waals surface area contributed by atoms with Gasteiger partial charge in [0, 0.05) is 0 Å². The molecule has 1 aliphatic rings. The van der Waals surface area contributed by atoms with E-state index in [4.69, 9.17) is 0 Å². The van der Waals surface area contributed by atoms with Gasteiger partial charge in [-0.05, 0) is 19.1 Å². The van der Waals surface area contributed by atoms with Crippen LogP contribution in [0.25, 0.3) is 0 Å². The second kappa shape index (κ2) is 3.53. The van der Waals surface area contributed by atoms with Crippen LogP contribution in [0, 0.1) is 0 Å². The molecule has 0 aliphatic carbocycles. The fourth-order valence-electron chi connectivity index (χ4n) is 1.30. The number of hydrazone groups is 1. The maximum Gasteiger partial charge on any atom is 0.266 e. The molecule has 1 aromatic carbocycles. The van der Waals surface area contributed by atoms with Crippen molar-refractivity contribution >= 4 is 33.2 Å². The maximum atomic E-state index is 11.7. The highest BCUT2D eigenvalue weighted by atomic mass is 79.9. The first-order valence-corrected chi connectivity index (χ1v) is 5.20. The summed E-state index contributed by atoms with van der Waals surface area (Å²) in [4.78, 5) is 11.4. The second-order valence-corrected chi connectivity index (χ2v) is 4.01. The van der Waals surface area contributed by atoms with Crippen LogP contribution in [-0.2, 0) is 4.79 Å². The smallest absolute Gasteiger partial charge is 0.266 e. The van der Waals surface area contributed by atoms with Crippen LogP contribution in [0.1, 0.15) is 6.92 Å². The first-order valence-electron chi connectivity index (χ1n) is 4.28. The van der Waals surface area contributed by atoms with Gasteiger partial charge in [0.1, 0.15) is 4.83 Å². The highest BCUT2D eigenvalue weighted by Crippen LogP contribution is 2.23. The zero-order valence-corrected chi connectivity index (χ0v) is 9.23. The number of carbonyl (C=O) groups excluding carboxylic acids is 1. The van der Waals surface area contributed by atoms with E-state index >= 15 is 0 Å². The van der Waals surface area contributed by atoms with Gasteiger partial charge >= 0.3 is 0 Å². The molecular formula is C10H9BrN2O. The van der Waals surface area contributed by atoms with Gasteiger partial charge in [-0.2, -0.15) is 10.1 Å². The van der Waals surface area contributed by atoms with E-state index in [0.29, 0.717) is 0 Å². The third-order valence-corrected chi connectivity index (χ3v) is 3.11. The second-order valence-electron chi connectivity index (χ2n) is 3.09. The van der Waals surface area contributed by atoms with Crippen LogP contribution in [0.15, 0.2) is 35.4 Å². The van der Waals surface area contributed by atoms with Gasteiger partial charge in [-0.3, -0.25) is 4.79 Å². The lowest BCUT2D eigenvalue weighted by atomic mass is 10.3. The third kappa shape index (κ3) is 1.46. The van der Waals surface area contributed by atoms with Crippen LogP contribution in [0.4, 0.5) is 5.69 Å². The van der Waals surface area contributed by atoms with Crippen LogP contribution < -0.4 is 5.01 Å². The normalized spacial score (nSPS) is 21.3. The number of hydrogen-bond donors (Lipinski definition) is 0. The summed E-state index contributed by atoms with van der Waals surface area (Å²) in [6.07, 6.45) is 0. The number of amides is 1. The Labute approximate surface area is 90.5 Å². The monoisotopic (exact) mass is 252 g/mol. The fourth-order valence-corrected chi connectivity index (χ4v) is 1.58. The molecule has 1 amide bonds. The Hall–Kier alpha value is -1.16. The molecule has 0 fully saturated rings. The van der Waals surface area contributed by atoms with Crippen molar-refractivity contribution in [1.82, 2.24) is 0 Å². The van der Waals surface area contributed by atoms with Gasteiger partial charge in [0.2, 0.25) is 0 Å². The van der Waals surface area contributed by atoms with Crippen LogP contribution >= 0.6 is 15.9 Å². The number of nitrogens with zero attached hydrogens (tertiary/aromatic N) is 2. The van der Waals surface area contributed by atoms with Gasteiger partial charge in [-0.25, -0.2) is 0 Å². The van der Waals surface area contributed by atoms with Crippen LogP contribution in [0.5, 0.6) is 0 Å². The highest BCUT2D eigenvalue weighted by Gasteiger charge is 2.31. The molecule has 1 unspecified atom stereocenters. The molecule has 0 N–H and O–H groups in total. The topological polar surface area (TPSA) is 32.7 Å². The zero-order chi connectivity index (χ0) is 10.1. The summed E-state index contributed by atoms with van der Waals surface area (Å²) in [7, 11) is 0. The van der Waals surface area contributed by atoms with Crippen LogP contribution in [-0.4, -0.2) is 16.4 Å². The number of halogens is 1. The van der Waals surface area contributed by atoms with Gasteiger partial charge in [-0.15, -0.1) is 0 Å². The SMILES string of the molecule is CC1=NN(c2ccccc2)C(=O)C1Br. The van der Waals surface area contributed by atoms with Crippen LogP contribution in [0.2, 0.25) is 0 Å². The number of anilines is 1. The van der Waals surface area contributed by atoms with Crippen molar-refractivity contribution in [2.75, 3.05) is 5.01 Å². The molecule has 1 heterocycles. The summed E-state index contributed by atoms with van der Waals surface area (Å²) < 4.78 is 0. The Morgan fingerprint density at radius 1 is 1.36 bits per heavy atom. The predicted molar refractivity (Wildman–Crippen MR) is 59.8 cm³/mol. The summed E-state index contributed by atoms with van der Waals surface area (Å²) in [5.41, 5.74) is 1.60. The maximum absolute atomic E-state index is 11.7. The fraction of sp³-hybridized carbons (Fsp3) is 0.200. The van der Waals surface area contributed by atoms with Gasteiger partial charge < -0.3 is 0 Å². The Morgan fingerprint density at radius 2 is 2.00 bits per heavy atom. The molecule has 72 valence electrons. The van der Waals surface area contributed by atoms with E-state index in [1.165, 1.54) is 5.01 Å². The number of hydrogen-bond acceptors (Lipinski definition) is 2. The molecule has 0 saturated carbocycles. The van der Waals surface area contributed by atoms with E-state index in [9.17, 15) is 4.79 Å². The van der Waals surface area contributed by atoms with Gasteiger partial charge in [0.15, 0.2) is 0 Å². The van der Waals surface area contributed by atoms with Crippen molar-refractivity contribution in [1.29, 1.82) is 0 Å². The van der Waals surface area contributed by atoms with E-state index in [0.717, 1.165) is 11.4 Å². The molecule has 0 spiro atoms. The number of benzene rings is 1. The van der Waals surface area contributed by atoms with Gasteiger partial charge in [0.25, 0.3) is 5.91 Å². The summed E-state index contributed by atoms with van der Waals surface area (Å²) in [5, 5.41) is 5.60. The van der Waals surface area contributed by atoms with Crippen molar-refractivity contribution in [3.05, 3.63) is 30.3 Å². The highest BCUT2D eigenvalue weighted by molar-refractivity contribution is 9.10. The summed E-state index contributed by atoms with van der Waals surface area (Å²) in [5.74, 6) is -0.0336. The molecule has 1 aliphatic heterocycles. The Bertz CT molecular complexity index is 388. The van der Waals surface area contributed by atoms with Crippen molar-refractivity contribution in [3.63, 3.8) is 0 Å². The minimum Gasteiger partial charge on any atom is -0.271 e. The molecule has 4 heteroatoms. The average Bonchev–Trinajstić information content (AvgIpc) is 2.47. The number of para-hydroxylation sites is 1. The lowest BCUT2D eigenvalue weighted by Crippen LogP contribution is -2.26. The Kier molecular flexibility index (Phi) is 2.37. The molecule has 1 aromatic rings. The van der Waals surface area contributed by atoms with E-state index in [1.807, 2.05) is 37.3 Å². The minimum absolute atomic E-state index is 0.0336. The largest absolute Gasteiger partial charge is 0.271 e. The van der Waals surface area contributed by atoms with E-state index < -0.39 is 0 Å². The molecule has 0 aromatic heterocycles. The first kappa shape index (κ1) is 9.40. The lowest BCUT2D eigenvalue weighted by Gasteiger charge is -2.11. The quantitative estimate of drug-likeness (QED) is 0.706. The molecular weight excluding hydrogens is 244 g/mol. The molecule has 14 heavy (non-hydrogen) atoms. The van der Waals surface area contributed by atoms with Crippen molar-refractivity contribution in [2.24, 2.45) is 5.10 Å². The van der Waals surface area contributed by atoms with Crippen molar-refractivity contribution < 1.29 is 4.79 Å². The molecule has 0 bridgehead atoms. The standard InChI is InChI=1S/C10H9BrN2O/c1-7-9(11)10(14)13(12-7)8-5-3-2-4-6-8/h2-6,9H,1H3. The van der Waals surface area contributed by atoms with Gasteiger partial charge in [-0.1, -0.05) is 34.1 Å². The molecule has 2 rings (SSSR count). The third-order valence-electron chi connectivity index (χ3n) is 2.05. The van der Waals surface area contributed by atoms with E-state index in [1.54, 1.807) is 0 Å². The summed E-state index contributed by atoms with van der Waals surface area (Å²) in [6, 6.07) is 9.40. The summed E-state index contributed by atoms with van der Waals surface area (Å²) in [6.45, 7) is 1.83. The predicted octanol–water partition coefficient (Wildman–Crippen LogP) is 2.17. The molecule has 0 radical (unpaired) electrons. The average molecular weight is 253 g/mol. The summed E-state index contributed by atoms with van der Waals surface area (Å²) >= 11 is 3.28. The Morgan fingerprint density at radius 3 is 2.50 bits per heavy atom. The van der Waals surface area contributed by atoms with Crippen molar-refractivity contribution in [2.45, 2.75) is 11.8 Å². The number of carbonyl (C=O) groups is 1. The number of alkyl halides is 1. The van der Waals surface area contributed by atoms with Gasteiger partial charge in [0.05, 0.1) is 11.4 Å². The lowest BCUT2D eigenvalue weighted by molar-refractivity contribution is -0.116. The first-order chi connectivity index (χ1) is 6.70. The molecule has 3 nitrogen and oxygen atoms in total. The van der Waals surface area contributed by atoms with Crippen LogP contribution in [0.3, 0.4) is 0 Å². The number of rotatable bonds is 1. The molecule has 1 atom stereocenters. The van der Waals surface area contributed by atoms with Crippen molar-refractivity contribution in [3.8, 4) is 0 Å². The Balaban J connectivity index is 2.35. The van der Waals surface area contributed by atoms with E-state index in [-0.39, 0.29) is 10.7 Å². The minimum atomic E-state index is -0.275. The molecule has 0 saturated heterocycles.